The van der Waals surface area contributed by atoms with Crippen LogP contribution >= 0.6 is 0 Å². The Balaban J connectivity index is 2.21. The van der Waals surface area contributed by atoms with Gasteiger partial charge in [0.15, 0.2) is 0 Å². The lowest BCUT2D eigenvalue weighted by Crippen LogP contribution is -2.15. The topological polar surface area (TPSA) is 102 Å². The first kappa shape index (κ1) is 14.4. The molecule has 1 aromatic carbocycles. The fraction of sp³-hybridized carbons (Fsp3) is 0.364. The maximum absolute atomic E-state index is 12.1. The summed E-state index contributed by atoms with van der Waals surface area (Å²) in [6.45, 7) is 1.99. The Bertz CT molecular complexity index is 679. The Morgan fingerprint density at radius 3 is 2.40 bits per heavy atom. The predicted octanol–water partition coefficient (Wildman–Crippen LogP) is 0.291. The van der Waals surface area contributed by atoms with Gasteiger partial charge in [-0.05, 0) is 36.9 Å². The molecule has 0 saturated heterocycles. The molecule has 0 fully saturated rings. The first-order chi connectivity index (χ1) is 9.42. The van der Waals surface area contributed by atoms with Crippen molar-refractivity contribution >= 4 is 16.0 Å². The van der Waals surface area contributed by atoms with E-state index >= 15 is 0 Å². The fourth-order valence-electron chi connectivity index (χ4n) is 1.61. The van der Waals surface area contributed by atoms with Crippen molar-refractivity contribution in [2.45, 2.75) is 17.9 Å². The zero-order valence-corrected chi connectivity index (χ0v) is 12.2. The van der Waals surface area contributed by atoms with Gasteiger partial charge in [-0.3, -0.25) is 0 Å². The molecule has 2 aromatic rings. The number of rotatable bonds is 5. The minimum atomic E-state index is -3.70. The third kappa shape index (κ3) is 3.11. The molecule has 0 aliphatic heterocycles. The number of benzene rings is 1. The molecule has 0 radical (unpaired) electrons. The second-order valence-electron chi connectivity index (χ2n) is 4.29. The van der Waals surface area contributed by atoms with Gasteiger partial charge >= 0.3 is 0 Å². The highest BCUT2D eigenvalue weighted by Gasteiger charge is 2.17. The smallest absolute Gasteiger partial charge is 0.277 e. The normalized spacial score (nSPS) is 13.2. The predicted molar refractivity (Wildman–Crippen MR) is 73.5 cm³/mol. The SMILES string of the molecule is CNC(C)c1ccc(S(=O)(=O)Nc2nnn(C)n2)cc1. The molecule has 20 heavy (non-hydrogen) atoms. The van der Waals surface area contributed by atoms with Gasteiger partial charge in [-0.15, -0.1) is 5.10 Å². The van der Waals surface area contributed by atoms with Crippen LogP contribution < -0.4 is 10.0 Å². The van der Waals surface area contributed by atoms with E-state index in [0.717, 1.165) is 5.56 Å². The van der Waals surface area contributed by atoms with Crippen molar-refractivity contribution in [1.29, 1.82) is 0 Å². The molecule has 8 nitrogen and oxygen atoms in total. The number of sulfonamides is 1. The summed E-state index contributed by atoms with van der Waals surface area (Å²) in [5.41, 5.74) is 1.00. The van der Waals surface area contributed by atoms with Crippen LogP contribution in [-0.2, 0) is 17.1 Å². The third-order valence-electron chi connectivity index (χ3n) is 2.86. The lowest BCUT2D eigenvalue weighted by atomic mass is 10.1. The van der Waals surface area contributed by atoms with Crippen LogP contribution in [0.3, 0.4) is 0 Å². The van der Waals surface area contributed by atoms with E-state index in [9.17, 15) is 8.42 Å². The second kappa shape index (κ2) is 5.55. The van der Waals surface area contributed by atoms with Gasteiger partial charge in [-0.1, -0.05) is 17.2 Å². The van der Waals surface area contributed by atoms with Gasteiger partial charge in [0.05, 0.1) is 11.9 Å². The maximum Gasteiger partial charge on any atom is 0.277 e. The summed E-state index contributed by atoms with van der Waals surface area (Å²) in [6, 6.07) is 6.77. The Hall–Kier alpha value is -2.00. The van der Waals surface area contributed by atoms with Crippen molar-refractivity contribution in [2.24, 2.45) is 7.05 Å². The largest absolute Gasteiger partial charge is 0.313 e. The summed E-state index contributed by atoms with van der Waals surface area (Å²) in [4.78, 5) is 1.33. The molecule has 0 amide bonds. The average Bonchev–Trinajstić information content (AvgIpc) is 2.82. The number of hydrogen-bond donors (Lipinski definition) is 2. The standard InChI is InChI=1S/C11H16N6O2S/c1-8(12-2)9-4-6-10(7-5-9)20(18,19)15-11-13-16-17(3)14-11/h4-8,12H,1-3H3,(H,14,15). The highest BCUT2D eigenvalue weighted by molar-refractivity contribution is 7.92. The summed E-state index contributed by atoms with van der Waals surface area (Å²) in [7, 11) is -0.300. The number of hydrogen-bond acceptors (Lipinski definition) is 6. The molecular weight excluding hydrogens is 280 g/mol. The van der Waals surface area contributed by atoms with Crippen LogP contribution in [0.2, 0.25) is 0 Å². The van der Waals surface area contributed by atoms with Crippen molar-refractivity contribution in [3.05, 3.63) is 29.8 Å². The van der Waals surface area contributed by atoms with Gasteiger partial charge in [0.2, 0.25) is 0 Å². The molecule has 9 heteroatoms. The van der Waals surface area contributed by atoms with Gasteiger partial charge in [0.25, 0.3) is 16.0 Å². The molecule has 0 saturated carbocycles. The van der Waals surface area contributed by atoms with Crippen LogP contribution in [0.15, 0.2) is 29.2 Å². The van der Waals surface area contributed by atoms with Crippen molar-refractivity contribution in [3.63, 3.8) is 0 Å². The van der Waals surface area contributed by atoms with Gasteiger partial charge in [0, 0.05) is 6.04 Å². The third-order valence-corrected chi connectivity index (χ3v) is 4.20. The molecule has 1 aromatic heterocycles. The van der Waals surface area contributed by atoms with Crippen molar-refractivity contribution in [1.82, 2.24) is 25.5 Å². The number of nitrogens with one attached hydrogen (secondary N) is 2. The van der Waals surface area contributed by atoms with Crippen LogP contribution in [0.4, 0.5) is 5.95 Å². The van der Waals surface area contributed by atoms with E-state index in [1.807, 2.05) is 14.0 Å². The Labute approximate surface area is 117 Å². The lowest BCUT2D eigenvalue weighted by Gasteiger charge is -2.11. The van der Waals surface area contributed by atoms with E-state index in [0.29, 0.717) is 0 Å². The van der Waals surface area contributed by atoms with Gasteiger partial charge in [-0.2, -0.15) is 4.80 Å². The zero-order valence-electron chi connectivity index (χ0n) is 11.4. The highest BCUT2D eigenvalue weighted by Crippen LogP contribution is 2.17. The summed E-state index contributed by atoms with van der Waals surface area (Å²) < 4.78 is 26.5. The minimum Gasteiger partial charge on any atom is -0.313 e. The zero-order chi connectivity index (χ0) is 14.8. The highest BCUT2D eigenvalue weighted by atomic mass is 32.2. The molecular formula is C11H16N6O2S. The Morgan fingerprint density at radius 2 is 1.90 bits per heavy atom. The molecule has 1 heterocycles. The van der Waals surface area contributed by atoms with E-state index in [1.54, 1.807) is 31.3 Å². The molecule has 0 aliphatic carbocycles. The monoisotopic (exact) mass is 296 g/mol. The minimum absolute atomic E-state index is 0.0554. The first-order valence-electron chi connectivity index (χ1n) is 5.96. The van der Waals surface area contributed by atoms with E-state index in [1.165, 1.54) is 4.80 Å². The average molecular weight is 296 g/mol. The molecule has 108 valence electrons. The first-order valence-corrected chi connectivity index (χ1v) is 7.45. The summed E-state index contributed by atoms with van der Waals surface area (Å²) >= 11 is 0. The molecule has 2 rings (SSSR count). The lowest BCUT2D eigenvalue weighted by molar-refractivity contribution is 0.600. The van der Waals surface area contributed by atoms with E-state index in [4.69, 9.17) is 0 Å². The molecule has 1 unspecified atom stereocenters. The summed E-state index contributed by atoms with van der Waals surface area (Å²) in [5, 5.41) is 14.0. The van der Waals surface area contributed by atoms with Crippen LogP contribution in [0, 0.1) is 0 Å². The molecule has 1 atom stereocenters. The number of nitrogens with zero attached hydrogens (tertiary/aromatic N) is 4. The van der Waals surface area contributed by atoms with E-state index in [-0.39, 0.29) is 16.9 Å². The number of anilines is 1. The van der Waals surface area contributed by atoms with Gasteiger partial charge < -0.3 is 5.32 Å². The van der Waals surface area contributed by atoms with Crippen molar-refractivity contribution in [3.8, 4) is 0 Å². The fourth-order valence-corrected chi connectivity index (χ4v) is 2.54. The summed E-state index contributed by atoms with van der Waals surface area (Å²) in [5.74, 6) is -0.0554. The number of aryl methyl sites for hydroxylation is 1. The number of aromatic nitrogens is 4. The van der Waals surface area contributed by atoms with E-state index in [2.05, 4.69) is 25.4 Å². The van der Waals surface area contributed by atoms with Crippen molar-refractivity contribution < 1.29 is 8.42 Å². The van der Waals surface area contributed by atoms with Crippen molar-refractivity contribution in [2.75, 3.05) is 11.8 Å². The van der Waals surface area contributed by atoms with Crippen LogP contribution in [-0.4, -0.2) is 35.7 Å². The molecule has 2 N–H and O–H groups in total. The van der Waals surface area contributed by atoms with Crippen LogP contribution in [0.1, 0.15) is 18.5 Å². The van der Waals surface area contributed by atoms with Crippen LogP contribution in [0.5, 0.6) is 0 Å². The second-order valence-corrected chi connectivity index (χ2v) is 5.97. The Kier molecular flexibility index (Phi) is 4.00. The van der Waals surface area contributed by atoms with Gasteiger partial charge in [0.1, 0.15) is 0 Å². The Morgan fingerprint density at radius 1 is 1.25 bits per heavy atom. The quantitative estimate of drug-likeness (QED) is 0.822. The number of tetrazole rings is 1. The molecule has 0 bridgehead atoms. The molecule has 0 aliphatic rings. The van der Waals surface area contributed by atoms with Crippen LogP contribution in [0.25, 0.3) is 0 Å². The molecule has 0 spiro atoms. The van der Waals surface area contributed by atoms with E-state index < -0.39 is 10.0 Å². The van der Waals surface area contributed by atoms with Gasteiger partial charge in [-0.25, -0.2) is 13.1 Å². The summed E-state index contributed by atoms with van der Waals surface area (Å²) in [6.07, 6.45) is 0. The maximum atomic E-state index is 12.1.